The van der Waals surface area contributed by atoms with Crippen LogP contribution in [0.25, 0.3) is 0 Å². The van der Waals surface area contributed by atoms with Crippen molar-refractivity contribution in [3.63, 3.8) is 0 Å². The van der Waals surface area contributed by atoms with E-state index in [-0.39, 0.29) is 5.91 Å². The Kier molecular flexibility index (Phi) is 4.59. The Morgan fingerprint density at radius 3 is 2.77 bits per heavy atom. The summed E-state index contributed by atoms with van der Waals surface area (Å²) in [6.45, 7) is 10.00. The number of carbonyl (C=O) groups excluding carboxylic acids is 1. The Morgan fingerprint density at radius 2 is 2.05 bits per heavy atom. The molecule has 1 amide bonds. The minimum Gasteiger partial charge on any atom is -0.474 e. The molecule has 0 bridgehead atoms. The summed E-state index contributed by atoms with van der Waals surface area (Å²) in [6.07, 6.45) is 1.69. The van der Waals surface area contributed by atoms with Gasteiger partial charge in [-0.05, 0) is 26.0 Å². The third kappa shape index (κ3) is 3.23. The van der Waals surface area contributed by atoms with Crippen LogP contribution in [0, 0.1) is 0 Å². The molecule has 6 nitrogen and oxygen atoms in total. The summed E-state index contributed by atoms with van der Waals surface area (Å²) in [5.74, 6) is 0.697. The molecule has 3 heterocycles. The second-order valence-corrected chi connectivity index (χ2v) is 6.13. The van der Waals surface area contributed by atoms with Crippen LogP contribution in [0.15, 0.2) is 18.3 Å². The molecule has 120 valence electrons. The highest BCUT2D eigenvalue weighted by Gasteiger charge is 2.27. The molecule has 0 unspecified atom stereocenters. The maximum absolute atomic E-state index is 12.6. The zero-order chi connectivity index (χ0) is 15.5. The van der Waals surface area contributed by atoms with E-state index in [4.69, 9.17) is 4.74 Å². The number of ether oxygens (including phenoxy) is 1. The molecule has 0 saturated carbocycles. The smallest absolute Gasteiger partial charge is 0.241 e. The zero-order valence-corrected chi connectivity index (χ0v) is 13.4. The second-order valence-electron chi connectivity index (χ2n) is 6.13. The SMILES string of the molecule is CC(C)N1CCN(CC(=O)N2CCOc3ncccc32)CC1. The lowest BCUT2D eigenvalue weighted by molar-refractivity contribution is -0.120. The lowest BCUT2D eigenvalue weighted by Crippen LogP contribution is -2.52. The number of nitrogens with zero attached hydrogens (tertiary/aromatic N) is 4. The fourth-order valence-electron chi connectivity index (χ4n) is 3.03. The summed E-state index contributed by atoms with van der Waals surface area (Å²) < 4.78 is 5.51. The molecule has 0 spiro atoms. The minimum atomic E-state index is 0.135. The highest BCUT2D eigenvalue weighted by atomic mass is 16.5. The third-order valence-corrected chi connectivity index (χ3v) is 4.39. The number of aromatic nitrogens is 1. The van der Waals surface area contributed by atoms with Gasteiger partial charge in [0.05, 0.1) is 13.1 Å². The van der Waals surface area contributed by atoms with Crippen molar-refractivity contribution < 1.29 is 9.53 Å². The van der Waals surface area contributed by atoms with Gasteiger partial charge in [-0.1, -0.05) is 0 Å². The van der Waals surface area contributed by atoms with Crippen molar-refractivity contribution in [2.24, 2.45) is 0 Å². The van der Waals surface area contributed by atoms with Crippen molar-refractivity contribution in [3.05, 3.63) is 18.3 Å². The predicted octanol–water partition coefficient (Wildman–Crippen LogP) is 0.833. The van der Waals surface area contributed by atoms with Crippen molar-refractivity contribution in [2.75, 3.05) is 50.8 Å². The molecule has 0 aromatic carbocycles. The van der Waals surface area contributed by atoms with Gasteiger partial charge >= 0.3 is 0 Å². The van der Waals surface area contributed by atoms with Gasteiger partial charge < -0.3 is 9.64 Å². The van der Waals surface area contributed by atoms with E-state index in [0.717, 1.165) is 31.9 Å². The average molecular weight is 304 g/mol. The summed E-state index contributed by atoms with van der Waals surface area (Å²) in [6, 6.07) is 4.32. The van der Waals surface area contributed by atoms with Crippen LogP contribution in [-0.2, 0) is 4.79 Å². The van der Waals surface area contributed by atoms with E-state index in [1.165, 1.54) is 0 Å². The van der Waals surface area contributed by atoms with E-state index in [0.29, 0.717) is 31.6 Å². The number of pyridine rings is 1. The van der Waals surface area contributed by atoms with Crippen LogP contribution in [0.2, 0.25) is 0 Å². The van der Waals surface area contributed by atoms with Gasteiger partial charge in [-0.2, -0.15) is 0 Å². The molecule has 0 radical (unpaired) electrons. The van der Waals surface area contributed by atoms with Crippen molar-refractivity contribution >= 4 is 11.6 Å². The molecule has 2 aliphatic rings. The number of carbonyl (C=O) groups is 1. The number of hydrogen-bond donors (Lipinski definition) is 0. The van der Waals surface area contributed by atoms with Gasteiger partial charge in [0, 0.05) is 38.4 Å². The Bertz CT molecular complexity index is 527. The van der Waals surface area contributed by atoms with Crippen LogP contribution >= 0.6 is 0 Å². The quantitative estimate of drug-likeness (QED) is 0.828. The molecule has 1 aromatic rings. The number of piperazine rings is 1. The van der Waals surface area contributed by atoms with Gasteiger partial charge in [0.1, 0.15) is 12.3 Å². The molecule has 3 rings (SSSR count). The van der Waals surface area contributed by atoms with Gasteiger partial charge in [-0.3, -0.25) is 14.6 Å². The van der Waals surface area contributed by atoms with E-state index in [1.807, 2.05) is 12.1 Å². The zero-order valence-electron chi connectivity index (χ0n) is 13.4. The summed E-state index contributed by atoms with van der Waals surface area (Å²) in [7, 11) is 0. The van der Waals surface area contributed by atoms with Crippen LogP contribution in [0.3, 0.4) is 0 Å². The van der Waals surface area contributed by atoms with E-state index in [1.54, 1.807) is 11.1 Å². The molecule has 2 aliphatic heterocycles. The lowest BCUT2D eigenvalue weighted by atomic mass is 10.2. The fraction of sp³-hybridized carbons (Fsp3) is 0.625. The Morgan fingerprint density at radius 1 is 1.27 bits per heavy atom. The predicted molar refractivity (Wildman–Crippen MR) is 85.2 cm³/mol. The first-order chi connectivity index (χ1) is 10.6. The second kappa shape index (κ2) is 6.62. The van der Waals surface area contributed by atoms with Gasteiger partial charge in [0.2, 0.25) is 11.8 Å². The number of fused-ring (bicyclic) bond motifs is 1. The number of hydrogen-bond acceptors (Lipinski definition) is 5. The van der Waals surface area contributed by atoms with Crippen LogP contribution in [0.5, 0.6) is 5.88 Å². The van der Waals surface area contributed by atoms with E-state index < -0.39 is 0 Å². The standard InChI is InChI=1S/C16H24N4O2/c1-13(2)19-8-6-18(7-9-19)12-15(21)20-10-11-22-16-14(20)4-3-5-17-16/h3-5,13H,6-12H2,1-2H3. The van der Waals surface area contributed by atoms with Gasteiger partial charge in [0.15, 0.2) is 0 Å². The summed E-state index contributed by atoms with van der Waals surface area (Å²) in [4.78, 5) is 23.3. The molecule has 0 atom stereocenters. The molecule has 1 fully saturated rings. The van der Waals surface area contributed by atoms with Crippen molar-refractivity contribution in [1.82, 2.24) is 14.8 Å². The molecule has 0 aliphatic carbocycles. The minimum absolute atomic E-state index is 0.135. The third-order valence-electron chi connectivity index (χ3n) is 4.39. The van der Waals surface area contributed by atoms with E-state index in [9.17, 15) is 4.79 Å². The first kappa shape index (κ1) is 15.2. The van der Waals surface area contributed by atoms with Gasteiger partial charge in [0.25, 0.3) is 0 Å². The fourth-order valence-corrected chi connectivity index (χ4v) is 3.03. The largest absolute Gasteiger partial charge is 0.474 e. The summed E-state index contributed by atoms with van der Waals surface area (Å²) >= 11 is 0. The first-order valence-corrected chi connectivity index (χ1v) is 8.00. The Balaban J connectivity index is 1.60. The van der Waals surface area contributed by atoms with Crippen LogP contribution < -0.4 is 9.64 Å². The maximum Gasteiger partial charge on any atom is 0.241 e. The van der Waals surface area contributed by atoms with E-state index in [2.05, 4.69) is 28.6 Å². The molecule has 1 saturated heterocycles. The van der Waals surface area contributed by atoms with Crippen LogP contribution in [-0.4, -0.2) is 72.6 Å². The first-order valence-electron chi connectivity index (χ1n) is 8.00. The number of amides is 1. The number of anilines is 1. The molecular weight excluding hydrogens is 280 g/mol. The summed E-state index contributed by atoms with van der Waals surface area (Å²) in [5, 5.41) is 0. The van der Waals surface area contributed by atoms with Crippen molar-refractivity contribution in [2.45, 2.75) is 19.9 Å². The number of rotatable bonds is 3. The Labute approximate surface area is 131 Å². The topological polar surface area (TPSA) is 48.9 Å². The molecular formula is C16H24N4O2. The van der Waals surface area contributed by atoms with Crippen LogP contribution in [0.4, 0.5) is 5.69 Å². The molecule has 6 heteroatoms. The lowest BCUT2D eigenvalue weighted by Gasteiger charge is -2.37. The normalized spacial score (nSPS) is 19.9. The monoisotopic (exact) mass is 304 g/mol. The maximum atomic E-state index is 12.6. The van der Waals surface area contributed by atoms with Crippen LogP contribution in [0.1, 0.15) is 13.8 Å². The molecule has 22 heavy (non-hydrogen) atoms. The van der Waals surface area contributed by atoms with Crippen molar-refractivity contribution in [1.29, 1.82) is 0 Å². The van der Waals surface area contributed by atoms with Gasteiger partial charge in [-0.25, -0.2) is 4.98 Å². The molecule has 0 N–H and O–H groups in total. The highest BCUT2D eigenvalue weighted by molar-refractivity contribution is 5.96. The Hall–Kier alpha value is -1.66. The summed E-state index contributed by atoms with van der Waals surface area (Å²) in [5.41, 5.74) is 0.791. The average Bonchev–Trinajstić information content (AvgIpc) is 2.54. The van der Waals surface area contributed by atoms with Crippen molar-refractivity contribution in [3.8, 4) is 5.88 Å². The van der Waals surface area contributed by atoms with Gasteiger partial charge in [-0.15, -0.1) is 0 Å². The van der Waals surface area contributed by atoms with E-state index >= 15 is 0 Å². The molecule has 1 aromatic heterocycles. The highest BCUT2D eigenvalue weighted by Crippen LogP contribution is 2.28.